The van der Waals surface area contributed by atoms with Gasteiger partial charge in [-0.05, 0) is 14.0 Å². The van der Waals surface area contributed by atoms with Crippen LogP contribution in [0.2, 0.25) is 0 Å². The average Bonchev–Trinajstić information content (AvgIpc) is 2.11. The number of hydrogen-bond acceptors (Lipinski definition) is 4. The molecule has 0 aromatic rings. The summed E-state index contributed by atoms with van der Waals surface area (Å²) in [6.45, 7) is 3.81. The van der Waals surface area contributed by atoms with Gasteiger partial charge in [0.25, 0.3) is 0 Å². The number of likely N-dealkylation sites (N-methyl/N-ethyl adjacent to an activating group) is 1. The Morgan fingerprint density at radius 1 is 1.75 bits per heavy atom. The van der Waals surface area contributed by atoms with Gasteiger partial charge in [0.15, 0.2) is 0 Å². The Morgan fingerprint density at radius 2 is 2.42 bits per heavy atom. The second-order valence-corrected chi connectivity index (χ2v) is 3.56. The van der Waals surface area contributed by atoms with Crippen molar-refractivity contribution in [3.8, 4) is 0 Å². The zero-order chi connectivity index (χ0) is 9.19. The summed E-state index contributed by atoms with van der Waals surface area (Å²) < 4.78 is 5.37. The van der Waals surface area contributed by atoms with Crippen LogP contribution in [-0.2, 0) is 4.74 Å². The second kappa shape index (κ2) is 3.70. The van der Waals surface area contributed by atoms with E-state index in [2.05, 4.69) is 11.8 Å². The molecule has 0 aromatic heterocycles. The van der Waals surface area contributed by atoms with Gasteiger partial charge in [-0.3, -0.25) is 4.90 Å². The molecular formula is C8H18N2O2. The van der Waals surface area contributed by atoms with Crippen LogP contribution in [0.25, 0.3) is 0 Å². The molecule has 0 spiro atoms. The molecule has 2 atom stereocenters. The predicted octanol–water partition coefficient (Wildman–Crippen LogP) is -0.973. The zero-order valence-corrected chi connectivity index (χ0v) is 7.79. The maximum atomic E-state index is 9.23. The Bertz CT molecular complexity index is 148. The van der Waals surface area contributed by atoms with Crippen molar-refractivity contribution in [3.63, 3.8) is 0 Å². The van der Waals surface area contributed by atoms with Crippen LogP contribution in [0.5, 0.6) is 0 Å². The van der Waals surface area contributed by atoms with E-state index < -0.39 is 0 Å². The highest BCUT2D eigenvalue weighted by molar-refractivity contribution is 4.94. The molecule has 0 saturated carbocycles. The molecule has 1 aliphatic heterocycles. The highest BCUT2D eigenvalue weighted by Gasteiger charge is 2.38. The van der Waals surface area contributed by atoms with Crippen LogP contribution in [0.3, 0.4) is 0 Å². The van der Waals surface area contributed by atoms with Crippen LogP contribution in [0, 0.1) is 0 Å². The molecule has 1 fully saturated rings. The molecule has 1 rings (SSSR count). The minimum atomic E-state index is -0.363. The van der Waals surface area contributed by atoms with Crippen molar-refractivity contribution in [2.24, 2.45) is 5.73 Å². The monoisotopic (exact) mass is 174 g/mol. The number of rotatable bonds is 2. The molecular weight excluding hydrogens is 156 g/mol. The van der Waals surface area contributed by atoms with Gasteiger partial charge < -0.3 is 15.6 Å². The number of nitrogens with two attached hydrogens (primary N) is 1. The molecule has 1 heterocycles. The van der Waals surface area contributed by atoms with Crippen LogP contribution >= 0.6 is 0 Å². The summed E-state index contributed by atoms with van der Waals surface area (Å²) in [5.74, 6) is 0. The van der Waals surface area contributed by atoms with Gasteiger partial charge >= 0.3 is 0 Å². The number of aliphatic hydroxyl groups excluding tert-OH is 1. The number of morpholine rings is 1. The van der Waals surface area contributed by atoms with Gasteiger partial charge in [-0.1, -0.05) is 0 Å². The molecule has 4 heteroatoms. The molecule has 0 unspecified atom stereocenters. The molecule has 1 aliphatic rings. The number of nitrogens with zero attached hydrogens (tertiary/aromatic N) is 1. The Balaban J connectivity index is 2.71. The Morgan fingerprint density at radius 3 is 2.83 bits per heavy atom. The van der Waals surface area contributed by atoms with E-state index in [1.54, 1.807) is 0 Å². The van der Waals surface area contributed by atoms with Gasteiger partial charge in [-0.15, -0.1) is 0 Å². The van der Waals surface area contributed by atoms with Crippen LogP contribution in [0.15, 0.2) is 0 Å². The molecule has 0 radical (unpaired) electrons. The van der Waals surface area contributed by atoms with Crippen LogP contribution in [0.1, 0.15) is 6.92 Å². The van der Waals surface area contributed by atoms with Gasteiger partial charge in [-0.25, -0.2) is 0 Å². The van der Waals surface area contributed by atoms with Gasteiger partial charge in [0.2, 0.25) is 0 Å². The minimum absolute atomic E-state index is 0.0599. The summed E-state index contributed by atoms with van der Waals surface area (Å²) in [5.41, 5.74) is 5.26. The predicted molar refractivity (Wildman–Crippen MR) is 46.9 cm³/mol. The van der Waals surface area contributed by atoms with Crippen LogP contribution in [-0.4, -0.2) is 55.0 Å². The summed E-state index contributed by atoms with van der Waals surface area (Å²) in [7, 11) is 1.98. The maximum absolute atomic E-state index is 9.23. The van der Waals surface area contributed by atoms with Crippen molar-refractivity contribution in [2.45, 2.75) is 18.5 Å². The maximum Gasteiger partial charge on any atom is 0.0800 e. The van der Waals surface area contributed by atoms with E-state index in [1.807, 2.05) is 7.05 Å². The molecule has 1 saturated heterocycles. The fraction of sp³-hybridized carbons (Fsp3) is 1.00. The smallest absolute Gasteiger partial charge is 0.0800 e. The van der Waals surface area contributed by atoms with Gasteiger partial charge in [0, 0.05) is 12.6 Å². The van der Waals surface area contributed by atoms with Crippen LogP contribution < -0.4 is 5.73 Å². The Hall–Kier alpha value is -0.160. The molecule has 72 valence electrons. The summed E-state index contributed by atoms with van der Waals surface area (Å²) in [5, 5.41) is 9.23. The van der Waals surface area contributed by atoms with E-state index in [0.29, 0.717) is 19.2 Å². The normalized spacial score (nSPS) is 38.5. The van der Waals surface area contributed by atoms with Gasteiger partial charge in [0.05, 0.1) is 25.4 Å². The summed E-state index contributed by atoms with van der Waals surface area (Å²) >= 11 is 0. The minimum Gasteiger partial charge on any atom is -0.394 e. The van der Waals surface area contributed by atoms with E-state index in [9.17, 15) is 5.11 Å². The van der Waals surface area contributed by atoms with Crippen LogP contribution in [0.4, 0.5) is 0 Å². The fourth-order valence-electron chi connectivity index (χ4n) is 1.53. The molecule has 4 nitrogen and oxygen atoms in total. The zero-order valence-electron chi connectivity index (χ0n) is 7.79. The highest BCUT2D eigenvalue weighted by Crippen LogP contribution is 2.20. The standard InChI is InChI=1S/C8H18N2O2/c1-7-3-12-6-8(4-9,5-11)10(7)2/h7,11H,3-6,9H2,1-2H3/t7-,8+/m1/s1. The quantitative estimate of drug-likeness (QED) is 0.565. The van der Waals surface area contributed by atoms with E-state index in [-0.39, 0.29) is 12.1 Å². The third-order valence-electron chi connectivity index (χ3n) is 2.81. The topological polar surface area (TPSA) is 58.7 Å². The summed E-state index contributed by atoms with van der Waals surface area (Å²) in [4.78, 5) is 2.11. The Kier molecular flexibility index (Phi) is 3.06. The molecule has 0 aromatic carbocycles. The fourth-order valence-corrected chi connectivity index (χ4v) is 1.53. The van der Waals surface area contributed by atoms with Crippen molar-refractivity contribution < 1.29 is 9.84 Å². The van der Waals surface area contributed by atoms with E-state index in [4.69, 9.17) is 10.5 Å². The first-order chi connectivity index (χ1) is 5.66. The van der Waals surface area contributed by atoms with Crippen molar-refractivity contribution in [1.82, 2.24) is 4.90 Å². The lowest BCUT2D eigenvalue weighted by Gasteiger charge is -2.46. The first-order valence-corrected chi connectivity index (χ1v) is 4.28. The lowest BCUT2D eigenvalue weighted by molar-refractivity contribution is -0.102. The average molecular weight is 174 g/mol. The SMILES string of the molecule is C[C@@H]1COC[C@](CN)(CO)N1C. The van der Waals surface area contributed by atoms with E-state index in [1.165, 1.54) is 0 Å². The molecule has 0 bridgehead atoms. The summed E-state index contributed by atoms with van der Waals surface area (Å²) in [6.07, 6.45) is 0. The lowest BCUT2D eigenvalue weighted by atomic mass is 9.96. The third kappa shape index (κ3) is 1.47. The number of ether oxygens (including phenoxy) is 1. The van der Waals surface area contributed by atoms with Crippen molar-refractivity contribution in [3.05, 3.63) is 0 Å². The van der Waals surface area contributed by atoms with Crippen molar-refractivity contribution in [2.75, 3.05) is 33.4 Å². The molecule has 12 heavy (non-hydrogen) atoms. The van der Waals surface area contributed by atoms with E-state index >= 15 is 0 Å². The summed E-state index contributed by atoms with van der Waals surface area (Å²) in [6, 6.07) is 0.328. The van der Waals surface area contributed by atoms with Crippen molar-refractivity contribution >= 4 is 0 Å². The molecule has 0 amide bonds. The second-order valence-electron chi connectivity index (χ2n) is 3.56. The first kappa shape index (κ1) is 9.92. The Labute approximate surface area is 73.3 Å². The first-order valence-electron chi connectivity index (χ1n) is 4.28. The lowest BCUT2D eigenvalue weighted by Crippen LogP contribution is -2.64. The third-order valence-corrected chi connectivity index (χ3v) is 2.81. The van der Waals surface area contributed by atoms with Gasteiger partial charge in [-0.2, -0.15) is 0 Å². The van der Waals surface area contributed by atoms with Gasteiger partial charge in [0.1, 0.15) is 0 Å². The molecule has 0 aliphatic carbocycles. The van der Waals surface area contributed by atoms with E-state index in [0.717, 1.165) is 6.61 Å². The largest absolute Gasteiger partial charge is 0.394 e. The number of hydrogen-bond donors (Lipinski definition) is 2. The number of aliphatic hydroxyl groups is 1. The van der Waals surface area contributed by atoms with Crippen molar-refractivity contribution in [1.29, 1.82) is 0 Å². The molecule has 3 N–H and O–H groups in total. The highest BCUT2D eigenvalue weighted by atomic mass is 16.5.